The summed E-state index contributed by atoms with van der Waals surface area (Å²) in [5.74, 6) is 1.83. The average molecular weight is 334 g/mol. The average Bonchev–Trinajstić information content (AvgIpc) is 3.11. The van der Waals surface area contributed by atoms with E-state index in [4.69, 9.17) is 4.74 Å². The molecule has 1 aromatic rings. The zero-order valence-corrected chi connectivity index (χ0v) is 15.1. The first-order valence-corrected chi connectivity index (χ1v) is 9.41. The number of carbonyl (C=O) groups is 1. The Balaban J connectivity index is 1.60. The molecule has 0 unspecified atom stereocenters. The number of aromatic nitrogens is 3. The van der Waals surface area contributed by atoms with Crippen LogP contribution in [0.25, 0.3) is 0 Å². The molecule has 0 bridgehead atoms. The van der Waals surface area contributed by atoms with Crippen molar-refractivity contribution in [2.75, 3.05) is 19.7 Å². The molecular formula is C18H30N4O2. The third kappa shape index (κ3) is 3.48. The normalized spacial score (nSPS) is 26.1. The fourth-order valence-electron chi connectivity index (χ4n) is 4.06. The minimum absolute atomic E-state index is 0.0552. The minimum Gasteiger partial charge on any atom is -0.377 e. The molecule has 2 aliphatic heterocycles. The van der Waals surface area contributed by atoms with Crippen LogP contribution < -0.4 is 0 Å². The Morgan fingerprint density at radius 1 is 1.33 bits per heavy atom. The monoisotopic (exact) mass is 334 g/mol. The Hall–Kier alpha value is -1.43. The van der Waals surface area contributed by atoms with Crippen LogP contribution in [0, 0.1) is 5.92 Å². The summed E-state index contributed by atoms with van der Waals surface area (Å²) in [5, 5.41) is 8.42. The maximum absolute atomic E-state index is 12.9. The van der Waals surface area contributed by atoms with Crippen molar-refractivity contribution in [3.8, 4) is 0 Å². The van der Waals surface area contributed by atoms with Gasteiger partial charge in [-0.2, -0.15) is 0 Å². The van der Waals surface area contributed by atoms with Crippen LogP contribution in [0.2, 0.25) is 0 Å². The Kier molecular flexibility index (Phi) is 5.54. The number of likely N-dealkylation sites (tertiary alicyclic amines) is 1. The van der Waals surface area contributed by atoms with Gasteiger partial charge in [0.2, 0.25) is 5.91 Å². The molecule has 0 N–H and O–H groups in total. The molecule has 0 aliphatic carbocycles. The van der Waals surface area contributed by atoms with E-state index in [0.717, 1.165) is 57.6 Å². The SMILES string of the molecule is CC[C@@H]1OCCC[C@@H]1C(=O)N1CCC(c2nncn2C(C)C)CC1. The second-order valence-electron chi connectivity index (χ2n) is 7.36. The van der Waals surface area contributed by atoms with Gasteiger partial charge in [-0.1, -0.05) is 6.92 Å². The van der Waals surface area contributed by atoms with Crippen LogP contribution >= 0.6 is 0 Å². The van der Waals surface area contributed by atoms with E-state index in [9.17, 15) is 4.79 Å². The van der Waals surface area contributed by atoms with Crippen LogP contribution in [-0.4, -0.2) is 51.4 Å². The summed E-state index contributed by atoms with van der Waals surface area (Å²) in [7, 11) is 0. The van der Waals surface area contributed by atoms with E-state index in [1.54, 1.807) is 0 Å². The molecule has 3 heterocycles. The van der Waals surface area contributed by atoms with Crippen LogP contribution in [0.1, 0.15) is 70.7 Å². The van der Waals surface area contributed by atoms with Crippen molar-refractivity contribution in [3.05, 3.63) is 12.2 Å². The predicted octanol–water partition coefficient (Wildman–Crippen LogP) is 2.77. The van der Waals surface area contributed by atoms with Gasteiger partial charge in [0, 0.05) is 31.7 Å². The molecule has 3 rings (SSSR count). The molecule has 134 valence electrons. The molecule has 2 atom stereocenters. The fraction of sp³-hybridized carbons (Fsp3) is 0.833. The number of carbonyl (C=O) groups excluding carboxylic acids is 1. The van der Waals surface area contributed by atoms with Crippen molar-refractivity contribution in [2.24, 2.45) is 5.92 Å². The smallest absolute Gasteiger partial charge is 0.228 e. The van der Waals surface area contributed by atoms with Crippen molar-refractivity contribution < 1.29 is 9.53 Å². The van der Waals surface area contributed by atoms with Crippen molar-refractivity contribution in [1.82, 2.24) is 19.7 Å². The van der Waals surface area contributed by atoms with Gasteiger partial charge in [0.1, 0.15) is 12.2 Å². The van der Waals surface area contributed by atoms with E-state index >= 15 is 0 Å². The van der Waals surface area contributed by atoms with Crippen LogP contribution in [0.15, 0.2) is 6.33 Å². The molecule has 24 heavy (non-hydrogen) atoms. The molecule has 0 aromatic carbocycles. The van der Waals surface area contributed by atoms with E-state index in [1.807, 2.05) is 6.33 Å². The summed E-state index contributed by atoms with van der Waals surface area (Å²) >= 11 is 0. The Bertz CT molecular complexity index is 549. The van der Waals surface area contributed by atoms with Gasteiger partial charge in [-0.25, -0.2) is 0 Å². The molecule has 6 heteroatoms. The fourth-order valence-corrected chi connectivity index (χ4v) is 4.06. The number of ether oxygens (including phenoxy) is 1. The second kappa shape index (κ2) is 7.64. The topological polar surface area (TPSA) is 60.2 Å². The number of amides is 1. The number of hydrogen-bond donors (Lipinski definition) is 0. The highest BCUT2D eigenvalue weighted by atomic mass is 16.5. The van der Waals surface area contributed by atoms with E-state index in [0.29, 0.717) is 17.9 Å². The third-order valence-electron chi connectivity index (χ3n) is 5.49. The minimum atomic E-state index is 0.0552. The maximum Gasteiger partial charge on any atom is 0.228 e. The van der Waals surface area contributed by atoms with Gasteiger partial charge in [0.25, 0.3) is 0 Å². The standard InChI is InChI=1S/C18H30N4O2/c1-4-16-15(6-5-11-24-16)18(23)21-9-7-14(8-10-21)17-20-19-12-22(17)13(2)3/h12-16H,4-11H2,1-3H3/t15-,16-/m0/s1. The highest BCUT2D eigenvalue weighted by molar-refractivity contribution is 5.79. The van der Waals surface area contributed by atoms with Crippen molar-refractivity contribution >= 4 is 5.91 Å². The summed E-state index contributed by atoms with van der Waals surface area (Å²) < 4.78 is 7.96. The third-order valence-corrected chi connectivity index (χ3v) is 5.49. The second-order valence-corrected chi connectivity index (χ2v) is 7.36. The lowest BCUT2D eigenvalue weighted by Gasteiger charge is -2.37. The lowest BCUT2D eigenvalue weighted by Crippen LogP contribution is -2.46. The number of nitrogens with zero attached hydrogens (tertiary/aromatic N) is 4. The molecule has 0 spiro atoms. The van der Waals surface area contributed by atoms with Crippen LogP contribution in [0.3, 0.4) is 0 Å². The summed E-state index contributed by atoms with van der Waals surface area (Å²) in [6.07, 6.45) is 6.77. The lowest BCUT2D eigenvalue weighted by atomic mass is 9.89. The van der Waals surface area contributed by atoms with Gasteiger partial charge in [-0.05, 0) is 46.0 Å². The van der Waals surface area contributed by atoms with Crippen LogP contribution in [0.5, 0.6) is 0 Å². The Morgan fingerprint density at radius 3 is 2.75 bits per heavy atom. The van der Waals surface area contributed by atoms with Gasteiger partial charge in [-0.15, -0.1) is 10.2 Å². The molecular weight excluding hydrogens is 304 g/mol. The zero-order chi connectivity index (χ0) is 17.1. The van der Waals surface area contributed by atoms with Crippen molar-refractivity contribution in [1.29, 1.82) is 0 Å². The number of hydrogen-bond acceptors (Lipinski definition) is 4. The van der Waals surface area contributed by atoms with E-state index in [-0.39, 0.29) is 12.0 Å². The van der Waals surface area contributed by atoms with Crippen LogP contribution in [-0.2, 0) is 9.53 Å². The summed E-state index contributed by atoms with van der Waals surface area (Å²) in [4.78, 5) is 15.0. The lowest BCUT2D eigenvalue weighted by molar-refractivity contribution is -0.146. The van der Waals surface area contributed by atoms with Gasteiger partial charge >= 0.3 is 0 Å². The highest BCUT2D eigenvalue weighted by Crippen LogP contribution is 2.31. The van der Waals surface area contributed by atoms with Gasteiger partial charge in [-0.3, -0.25) is 4.79 Å². The molecule has 6 nitrogen and oxygen atoms in total. The molecule has 2 saturated heterocycles. The van der Waals surface area contributed by atoms with Gasteiger partial charge in [0.15, 0.2) is 0 Å². The first kappa shape index (κ1) is 17.4. The molecule has 0 radical (unpaired) electrons. The van der Waals surface area contributed by atoms with Gasteiger partial charge < -0.3 is 14.2 Å². The molecule has 0 saturated carbocycles. The molecule has 1 amide bonds. The Morgan fingerprint density at radius 2 is 2.08 bits per heavy atom. The molecule has 2 fully saturated rings. The predicted molar refractivity (Wildman–Crippen MR) is 91.7 cm³/mol. The summed E-state index contributed by atoms with van der Waals surface area (Å²) in [6.45, 7) is 8.86. The first-order chi connectivity index (χ1) is 11.6. The molecule has 2 aliphatic rings. The highest BCUT2D eigenvalue weighted by Gasteiger charge is 2.35. The first-order valence-electron chi connectivity index (χ1n) is 9.41. The quantitative estimate of drug-likeness (QED) is 0.849. The maximum atomic E-state index is 12.9. The van der Waals surface area contributed by atoms with Gasteiger partial charge in [0.05, 0.1) is 12.0 Å². The van der Waals surface area contributed by atoms with E-state index in [2.05, 4.69) is 40.4 Å². The van der Waals surface area contributed by atoms with Crippen molar-refractivity contribution in [2.45, 2.75) is 70.9 Å². The zero-order valence-electron chi connectivity index (χ0n) is 15.1. The summed E-state index contributed by atoms with van der Waals surface area (Å²) in [5.41, 5.74) is 0. The molecule has 1 aromatic heterocycles. The van der Waals surface area contributed by atoms with E-state index < -0.39 is 0 Å². The largest absolute Gasteiger partial charge is 0.377 e. The number of rotatable bonds is 4. The number of piperidine rings is 1. The van der Waals surface area contributed by atoms with E-state index in [1.165, 1.54) is 0 Å². The summed E-state index contributed by atoms with van der Waals surface area (Å²) in [6, 6.07) is 0.374. The van der Waals surface area contributed by atoms with Crippen LogP contribution in [0.4, 0.5) is 0 Å². The van der Waals surface area contributed by atoms with Crippen molar-refractivity contribution in [3.63, 3.8) is 0 Å². The Labute approximate surface area is 144 Å².